The second kappa shape index (κ2) is 8.21. The molecule has 0 saturated carbocycles. The van der Waals surface area contributed by atoms with E-state index in [1.54, 1.807) is 23.6 Å². The first kappa shape index (κ1) is 17.7. The highest BCUT2D eigenvalue weighted by Crippen LogP contribution is 2.13. The zero-order chi connectivity index (χ0) is 15.2. The molecule has 118 valence electrons. The molecule has 0 aromatic rings. The number of sulfonamides is 1. The zero-order valence-corrected chi connectivity index (χ0v) is 13.7. The lowest BCUT2D eigenvalue weighted by Gasteiger charge is -2.33. The molecule has 0 spiro atoms. The Morgan fingerprint density at radius 3 is 2.80 bits per heavy atom. The molecule has 20 heavy (non-hydrogen) atoms. The van der Waals surface area contributed by atoms with Gasteiger partial charge in [0.2, 0.25) is 15.9 Å². The van der Waals surface area contributed by atoms with E-state index >= 15 is 0 Å². The molecule has 0 bridgehead atoms. The number of nitrogens with zero attached hydrogens (tertiary/aromatic N) is 1. The van der Waals surface area contributed by atoms with E-state index in [1.165, 1.54) is 0 Å². The van der Waals surface area contributed by atoms with Crippen LogP contribution in [0.3, 0.4) is 0 Å². The monoisotopic (exact) mass is 324 g/mol. The largest absolute Gasteiger partial charge is 0.391 e. The van der Waals surface area contributed by atoms with Crippen LogP contribution in [0.1, 0.15) is 26.2 Å². The Hall–Kier alpha value is -0.310. The molecule has 1 aliphatic rings. The highest BCUT2D eigenvalue weighted by atomic mass is 32.2. The molecule has 8 heteroatoms. The Labute approximate surface area is 125 Å². The lowest BCUT2D eigenvalue weighted by Crippen LogP contribution is -2.52. The molecule has 1 fully saturated rings. The Morgan fingerprint density at radius 2 is 2.25 bits per heavy atom. The number of β-amino-alcohol motifs (C(OH)–C–C–N with tert-alkyl or cyclic N) is 1. The van der Waals surface area contributed by atoms with Crippen LogP contribution in [0.25, 0.3) is 0 Å². The van der Waals surface area contributed by atoms with Crippen molar-refractivity contribution in [1.29, 1.82) is 0 Å². The number of rotatable bonds is 7. The maximum Gasteiger partial charge on any atom is 0.240 e. The Morgan fingerprint density at radius 1 is 1.55 bits per heavy atom. The highest BCUT2D eigenvalue weighted by Gasteiger charge is 2.30. The number of aliphatic hydroxyl groups is 1. The molecule has 2 N–H and O–H groups in total. The number of likely N-dealkylation sites (tertiary alicyclic amines) is 1. The maximum atomic E-state index is 12.4. The van der Waals surface area contributed by atoms with Crippen LogP contribution in [0.15, 0.2) is 0 Å². The molecule has 1 aliphatic heterocycles. The first-order chi connectivity index (χ1) is 9.39. The van der Waals surface area contributed by atoms with Gasteiger partial charge in [0.05, 0.1) is 11.9 Å². The molecule has 1 amide bonds. The summed E-state index contributed by atoms with van der Waals surface area (Å²) in [6, 6.07) is -0.724. The normalized spacial score (nSPS) is 21.8. The van der Waals surface area contributed by atoms with Crippen LogP contribution in [0, 0.1) is 0 Å². The average Bonchev–Trinajstić information content (AvgIpc) is 2.42. The van der Waals surface area contributed by atoms with Crippen LogP contribution < -0.4 is 4.72 Å². The van der Waals surface area contributed by atoms with Gasteiger partial charge in [-0.05, 0) is 38.2 Å². The van der Waals surface area contributed by atoms with Crippen LogP contribution in [-0.4, -0.2) is 67.3 Å². The van der Waals surface area contributed by atoms with Crippen molar-refractivity contribution in [2.45, 2.75) is 38.3 Å². The van der Waals surface area contributed by atoms with Gasteiger partial charge in [-0.1, -0.05) is 0 Å². The standard InChI is InChI=1S/C12H24N2O4S2/c1-3-20(17,18)13-11(6-8-19-2)12(16)14-7-4-5-10(15)9-14/h10-11,13,15H,3-9H2,1-2H3. The number of amides is 1. The topological polar surface area (TPSA) is 86.7 Å². The molecule has 1 heterocycles. The van der Waals surface area contributed by atoms with Crippen LogP contribution in [0.4, 0.5) is 0 Å². The van der Waals surface area contributed by atoms with E-state index in [1.807, 2.05) is 6.26 Å². The molecular formula is C12H24N2O4S2. The molecular weight excluding hydrogens is 300 g/mol. The smallest absolute Gasteiger partial charge is 0.240 e. The molecule has 0 aromatic carbocycles. The van der Waals surface area contributed by atoms with E-state index in [4.69, 9.17) is 0 Å². The van der Waals surface area contributed by atoms with Crippen LogP contribution in [-0.2, 0) is 14.8 Å². The number of thioether (sulfide) groups is 1. The molecule has 1 saturated heterocycles. The SMILES string of the molecule is CCS(=O)(=O)NC(CCSC)C(=O)N1CCCC(O)C1. The maximum absolute atomic E-state index is 12.4. The highest BCUT2D eigenvalue weighted by molar-refractivity contribution is 7.98. The minimum absolute atomic E-state index is 0.0430. The number of piperidine rings is 1. The van der Waals surface area contributed by atoms with E-state index < -0.39 is 22.2 Å². The number of aliphatic hydroxyl groups excluding tert-OH is 1. The molecule has 2 unspecified atom stereocenters. The van der Waals surface area contributed by atoms with Gasteiger partial charge in [0.15, 0.2) is 0 Å². The molecule has 0 aromatic heterocycles. The van der Waals surface area contributed by atoms with E-state index in [0.717, 1.165) is 6.42 Å². The molecule has 6 nitrogen and oxygen atoms in total. The number of carbonyl (C=O) groups is 1. The third-order valence-electron chi connectivity index (χ3n) is 3.32. The van der Waals surface area contributed by atoms with Gasteiger partial charge in [-0.15, -0.1) is 0 Å². The predicted molar refractivity (Wildman–Crippen MR) is 81.2 cm³/mol. The fourth-order valence-electron chi connectivity index (χ4n) is 2.14. The average molecular weight is 324 g/mol. The molecule has 1 rings (SSSR count). The summed E-state index contributed by atoms with van der Waals surface area (Å²) in [4.78, 5) is 14.0. The van der Waals surface area contributed by atoms with E-state index in [0.29, 0.717) is 31.7 Å². The number of nitrogens with one attached hydrogen (secondary N) is 1. The van der Waals surface area contributed by atoms with E-state index in [-0.39, 0.29) is 11.7 Å². The van der Waals surface area contributed by atoms with Crippen molar-refractivity contribution in [3.8, 4) is 0 Å². The van der Waals surface area contributed by atoms with Gasteiger partial charge in [0.1, 0.15) is 6.04 Å². The van der Waals surface area contributed by atoms with Crippen molar-refractivity contribution in [1.82, 2.24) is 9.62 Å². The number of carbonyl (C=O) groups excluding carboxylic acids is 1. The van der Waals surface area contributed by atoms with Gasteiger partial charge in [-0.25, -0.2) is 13.1 Å². The van der Waals surface area contributed by atoms with Gasteiger partial charge in [0.25, 0.3) is 0 Å². The van der Waals surface area contributed by atoms with Crippen LogP contribution in [0.2, 0.25) is 0 Å². The van der Waals surface area contributed by atoms with E-state index in [9.17, 15) is 18.3 Å². The lowest BCUT2D eigenvalue weighted by molar-refractivity contribution is -0.136. The summed E-state index contributed by atoms with van der Waals surface area (Å²) in [6.45, 7) is 2.42. The van der Waals surface area contributed by atoms with Crippen molar-refractivity contribution in [2.75, 3.05) is 30.9 Å². The summed E-state index contributed by atoms with van der Waals surface area (Å²) < 4.78 is 25.8. The Bertz CT molecular complexity index is 414. The second-order valence-electron chi connectivity index (χ2n) is 4.94. The lowest BCUT2D eigenvalue weighted by atomic mass is 10.1. The van der Waals surface area contributed by atoms with Gasteiger partial charge in [0, 0.05) is 13.1 Å². The predicted octanol–water partition coefficient (Wildman–Crippen LogP) is 0.0307. The third-order valence-corrected chi connectivity index (χ3v) is 5.37. The van der Waals surface area contributed by atoms with Gasteiger partial charge in [-0.3, -0.25) is 4.79 Å². The van der Waals surface area contributed by atoms with Crippen molar-refractivity contribution in [2.24, 2.45) is 0 Å². The minimum Gasteiger partial charge on any atom is -0.391 e. The van der Waals surface area contributed by atoms with E-state index in [2.05, 4.69) is 4.72 Å². The van der Waals surface area contributed by atoms with Gasteiger partial charge < -0.3 is 10.0 Å². The number of hydrogen-bond acceptors (Lipinski definition) is 5. The molecule has 2 atom stereocenters. The van der Waals surface area contributed by atoms with Crippen LogP contribution in [0.5, 0.6) is 0 Å². The van der Waals surface area contributed by atoms with Crippen LogP contribution >= 0.6 is 11.8 Å². The summed E-state index contributed by atoms with van der Waals surface area (Å²) in [5.74, 6) is 0.437. The fraction of sp³-hybridized carbons (Fsp3) is 0.917. The second-order valence-corrected chi connectivity index (χ2v) is 7.96. The molecule has 0 radical (unpaired) electrons. The van der Waals surface area contributed by atoms with Crippen molar-refractivity contribution in [3.63, 3.8) is 0 Å². The van der Waals surface area contributed by atoms with Gasteiger partial charge >= 0.3 is 0 Å². The first-order valence-electron chi connectivity index (χ1n) is 6.85. The Balaban J connectivity index is 2.73. The Kier molecular flexibility index (Phi) is 7.28. The van der Waals surface area contributed by atoms with Crippen molar-refractivity contribution < 1.29 is 18.3 Å². The summed E-state index contributed by atoms with van der Waals surface area (Å²) >= 11 is 1.57. The fourth-order valence-corrected chi connectivity index (χ4v) is 3.43. The summed E-state index contributed by atoms with van der Waals surface area (Å²) in [5.41, 5.74) is 0. The minimum atomic E-state index is -3.42. The summed E-state index contributed by atoms with van der Waals surface area (Å²) in [7, 11) is -3.42. The zero-order valence-electron chi connectivity index (χ0n) is 12.0. The molecule has 0 aliphatic carbocycles. The van der Waals surface area contributed by atoms with Gasteiger partial charge in [-0.2, -0.15) is 11.8 Å². The van der Waals surface area contributed by atoms with Crippen molar-refractivity contribution >= 4 is 27.7 Å². The van der Waals surface area contributed by atoms with Crippen molar-refractivity contribution in [3.05, 3.63) is 0 Å². The first-order valence-corrected chi connectivity index (χ1v) is 9.90. The summed E-state index contributed by atoms with van der Waals surface area (Å²) in [6.07, 6.45) is 3.33. The summed E-state index contributed by atoms with van der Waals surface area (Å²) in [5, 5.41) is 9.63. The number of hydrogen-bond donors (Lipinski definition) is 2. The third kappa shape index (κ3) is 5.59. The quantitative estimate of drug-likeness (QED) is 0.690.